The highest BCUT2D eigenvalue weighted by atomic mass is 32.1. The van der Waals surface area contributed by atoms with Crippen molar-refractivity contribution in [3.05, 3.63) is 12.1 Å². The first-order valence-electron chi connectivity index (χ1n) is 10.3. The maximum absolute atomic E-state index is 12.6. The number of hydroxylamine groups is 1. The van der Waals surface area contributed by atoms with Gasteiger partial charge in [-0.3, -0.25) is 15.3 Å². The van der Waals surface area contributed by atoms with E-state index in [0.29, 0.717) is 37.1 Å². The number of carbonyl (C=O) groups is 2. The Labute approximate surface area is 185 Å². The van der Waals surface area contributed by atoms with Crippen LogP contribution < -0.4 is 20.4 Å². The van der Waals surface area contributed by atoms with Gasteiger partial charge in [-0.15, -0.1) is 0 Å². The molecule has 3 N–H and O–H groups in total. The topological polar surface area (TPSA) is 116 Å². The van der Waals surface area contributed by atoms with E-state index in [0.717, 1.165) is 41.8 Å². The molecular weight excluding hydrogens is 422 g/mol. The number of amides is 3. The molecule has 2 heterocycles. The van der Waals surface area contributed by atoms with E-state index >= 15 is 0 Å². The molecule has 0 radical (unpaired) electrons. The third kappa shape index (κ3) is 5.96. The van der Waals surface area contributed by atoms with Crippen LogP contribution in [0.5, 0.6) is 5.75 Å². The molecule has 1 aromatic carbocycles. The second-order valence-electron chi connectivity index (χ2n) is 7.28. The van der Waals surface area contributed by atoms with Crippen LogP contribution in [0.1, 0.15) is 25.7 Å². The van der Waals surface area contributed by atoms with Crippen molar-refractivity contribution in [2.24, 2.45) is 0 Å². The minimum absolute atomic E-state index is 0.237. The molecule has 0 aliphatic carbocycles. The van der Waals surface area contributed by atoms with Gasteiger partial charge in [0.1, 0.15) is 11.3 Å². The fourth-order valence-corrected chi connectivity index (χ4v) is 4.41. The van der Waals surface area contributed by atoms with Crippen LogP contribution in [-0.2, 0) is 9.53 Å². The molecule has 1 fully saturated rings. The molecule has 0 bridgehead atoms. The van der Waals surface area contributed by atoms with Crippen molar-refractivity contribution in [3.8, 4) is 5.75 Å². The summed E-state index contributed by atoms with van der Waals surface area (Å²) in [4.78, 5) is 32.0. The average molecular weight is 452 g/mol. The Bertz CT molecular complexity index is 899. The first-order chi connectivity index (χ1) is 15.0. The standard InChI is InChI=1S/C20H29N5O5S/c1-24(9-5-3-4-6-16(26)23-28)20(27)22-19-21-17-15(29-2)8-7-14(18(17)31-19)25-10-12-30-13-11-25/h7-8,28H,3-6,9-13H2,1-2H3,(H,23,26)(H,21,22,27). The summed E-state index contributed by atoms with van der Waals surface area (Å²) >= 11 is 1.43. The number of ether oxygens (including phenoxy) is 2. The van der Waals surface area contributed by atoms with Gasteiger partial charge >= 0.3 is 6.03 Å². The minimum Gasteiger partial charge on any atom is -0.494 e. The normalized spacial score (nSPS) is 13.8. The van der Waals surface area contributed by atoms with Crippen molar-refractivity contribution in [1.29, 1.82) is 0 Å². The molecule has 170 valence electrons. The van der Waals surface area contributed by atoms with Crippen LogP contribution >= 0.6 is 11.3 Å². The van der Waals surface area contributed by atoms with Gasteiger partial charge in [-0.2, -0.15) is 0 Å². The van der Waals surface area contributed by atoms with E-state index < -0.39 is 5.91 Å². The van der Waals surface area contributed by atoms with Crippen LogP contribution in [0.3, 0.4) is 0 Å². The molecule has 0 saturated carbocycles. The van der Waals surface area contributed by atoms with Gasteiger partial charge in [0, 0.05) is 33.1 Å². The summed E-state index contributed by atoms with van der Waals surface area (Å²) in [5.41, 5.74) is 3.42. The van der Waals surface area contributed by atoms with Crippen molar-refractivity contribution in [1.82, 2.24) is 15.4 Å². The van der Waals surface area contributed by atoms with Crippen LogP contribution in [0.2, 0.25) is 0 Å². The Balaban J connectivity index is 1.62. The van der Waals surface area contributed by atoms with E-state index in [4.69, 9.17) is 14.7 Å². The molecule has 3 amide bonds. The van der Waals surface area contributed by atoms with Crippen LogP contribution in [-0.4, -0.2) is 74.0 Å². The molecule has 10 nitrogen and oxygen atoms in total. The zero-order valence-electron chi connectivity index (χ0n) is 17.8. The predicted molar refractivity (Wildman–Crippen MR) is 119 cm³/mol. The number of urea groups is 1. The molecule has 3 rings (SSSR count). The fourth-order valence-electron chi connectivity index (χ4n) is 3.40. The zero-order valence-corrected chi connectivity index (χ0v) is 18.7. The summed E-state index contributed by atoms with van der Waals surface area (Å²) in [6.45, 7) is 3.55. The van der Waals surface area contributed by atoms with Crippen molar-refractivity contribution in [3.63, 3.8) is 0 Å². The number of methoxy groups -OCH3 is 1. The number of fused-ring (bicyclic) bond motifs is 1. The van der Waals surface area contributed by atoms with Gasteiger partial charge in [-0.05, 0) is 25.0 Å². The highest BCUT2D eigenvalue weighted by Gasteiger charge is 2.20. The van der Waals surface area contributed by atoms with Crippen LogP contribution in [0.4, 0.5) is 15.6 Å². The van der Waals surface area contributed by atoms with E-state index in [2.05, 4.69) is 15.2 Å². The maximum Gasteiger partial charge on any atom is 0.323 e. The largest absolute Gasteiger partial charge is 0.494 e. The highest BCUT2D eigenvalue weighted by Crippen LogP contribution is 2.39. The number of hydrogen-bond donors (Lipinski definition) is 3. The van der Waals surface area contributed by atoms with Gasteiger partial charge < -0.3 is 19.3 Å². The van der Waals surface area contributed by atoms with E-state index in [1.807, 2.05) is 12.1 Å². The molecule has 1 aliphatic rings. The van der Waals surface area contributed by atoms with E-state index in [9.17, 15) is 9.59 Å². The van der Waals surface area contributed by atoms with Crippen LogP contribution in [0.25, 0.3) is 10.2 Å². The van der Waals surface area contributed by atoms with Gasteiger partial charge in [-0.1, -0.05) is 17.8 Å². The minimum atomic E-state index is -0.395. The summed E-state index contributed by atoms with van der Waals surface area (Å²) in [6, 6.07) is 3.69. The highest BCUT2D eigenvalue weighted by molar-refractivity contribution is 7.23. The summed E-state index contributed by atoms with van der Waals surface area (Å²) < 4.78 is 11.9. The smallest absolute Gasteiger partial charge is 0.323 e. The lowest BCUT2D eigenvalue weighted by atomic mass is 10.2. The molecule has 1 aliphatic heterocycles. The molecule has 0 unspecified atom stereocenters. The summed E-state index contributed by atoms with van der Waals surface area (Å²) in [7, 11) is 3.33. The quantitative estimate of drug-likeness (QED) is 0.305. The molecule has 1 saturated heterocycles. The average Bonchev–Trinajstić information content (AvgIpc) is 3.21. The van der Waals surface area contributed by atoms with Crippen molar-refractivity contribution < 1.29 is 24.3 Å². The molecule has 11 heteroatoms. The summed E-state index contributed by atoms with van der Waals surface area (Å²) in [5.74, 6) is 0.276. The first-order valence-corrected chi connectivity index (χ1v) is 11.1. The lowest BCUT2D eigenvalue weighted by Crippen LogP contribution is -2.36. The van der Waals surface area contributed by atoms with E-state index in [1.165, 1.54) is 11.3 Å². The SMILES string of the molecule is COc1ccc(N2CCOCC2)c2sc(NC(=O)N(C)CCCCCC(=O)NO)nc12. The lowest BCUT2D eigenvalue weighted by Gasteiger charge is -2.29. The van der Waals surface area contributed by atoms with Crippen molar-refractivity contribution in [2.75, 3.05) is 57.2 Å². The van der Waals surface area contributed by atoms with Gasteiger partial charge in [0.05, 0.1) is 30.7 Å². The molecule has 0 atom stereocenters. The second-order valence-corrected chi connectivity index (χ2v) is 8.28. The number of unbranched alkanes of at least 4 members (excludes halogenated alkanes) is 2. The third-order valence-corrected chi connectivity index (χ3v) is 6.13. The molecular formula is C20H29N5O5S. The summed E-state index contributed by atoms with van der Waals surface area (Å²) in [6.07, 6.45) is 2.47. The number of nitrogens with one attached hydrogen (secondary N) is 2. The Morgan fingerprint density at radius 1 is 1.29 bits per heavy atom. The Morgan fingerprint density at radius 3 is 2.77 bits per heavy atom. The van der Waals surface area contributed by atoms with Gasteiger partial charge in [0.15, 0.2) is 5.13 Å². The maximum atomic E-state index is 12.6. The third-order valence-electron chi connectivity index (χ3n) is 5.14. The molecule has 0 spiro atoms. The number of carbonyl (C=O) groups excluding carboxylic acids is 2. The number of aromatic nitrogens is 1. The van der Waals surface area contributed by atoms with Crippen molar-refractivity contribution >= 4 is 44.3 Å². The molecule has 1 aromatic heterocycles. The number of hydrogen-bond acceptors (Lipinski definition) is 8. The monoisotopic (exact) mass is 451 g/mol. The Kier molecular flexibility index (Phi) is 8.27. The van der Waals surface area contributed by atoms with Gasteiger partial charge in [0.25, 0.3) is 0 Å². The first kappa shape index (κ1) is 23.0. The van der Waals surface area contributed by atoms with Crippen LogP contribution in [0, 0.1) is 0 Å². The number of benzene rings is 1. The number of morpholine rings is 1. The molecule has 2 aromatic rings. The fraction of sp³-hybridized carbons (Fsp3) is 0.550. The second kappa shape index (κ2) is 11.1. The Morgan fingerprint density at radius 2 is 2.06 bits per heavy atom. The zero-order chi connectivity index (χ0) is 22.2. The van der Waals surface area contributed by atoms with E-state index in [1.54, 1.807) is 24.5 Å². The van der Waals surface area contributed by atoms with Gasteiger partial charge in [-0.25, -0.2) is 15.3 Å². The summed E-state index contributed by atoms with van der Waals surface area (Å²) in [5, 5.41) is 11.9. The lowest BCUT2D eigenvalue weighted by molar-refractivity contribution is -0.129. The van der Waals surface area contributed by atoms with Gasteiger partial charge in [0.2, 0.25) is 5.91 Å². The van der Waals surface area contributed by atoms with Crippen molar-refractivity contribution in [2.45, 2.75) is 25.7 Å². The Hall–Kier alpha value is -2.63. The predicted octanol–water partition coefficient (Wildman–Crippen LogP) is 2.67. The number of thiazole rings is 1. The van der Waals surface area contributed by atoms with E-state index in [-0.39, 0.29) is 12.5 Å². The number of anilines is 2. The number of nitrogens with zero attached hydrogens (tertiary/aromatic N) is 3. The number of rotatable bonds is 9. The van der Waals surface area contributed by atoms with Crippen LogP contribution in [0.15, 0.2) is 12.1 Å². The molecule has 31 heavy (non-hydrogen) atoms.